The molecule has 0 saturated heterocycles. The van der Waals surface area contributed by atoms with Gasteiger partial charge in [0.2, 0.25) is 0 Å². The maximum Gasteiger partial charge on any atom is 0.306 e. The van der Waals surface area contributed by atoms with Gasteiger partial charge in [0, 0.05) is 0 Å². The lowest BCUT2D eigenvalue weighted by atomic mass is 10.0. The fraction of sp³-hybridized carbons (Fsp3) is 0.944. The first-order valence-corrected chi connectivity index (χ1v) is 8.76. The van der Waals surface area contributed by atoms with Crippen LogP contribution >= 0.6 is 0 Å². The topological polar surface area (TPSA) is 37.3 Å². The second-order valence-electron chi connectivity index (χ2n) is 6.75. The summed E-state index contributed by atoms with van der Waals surface area (Å²) in [5.74, 6) is 0.0437. The lowest BCUT2D eigenvalue weighted by Crippen LogP contribution is -2.08. The summed E-state index contributed by atoms with van der Waals surface area (Å²) in [6.07, 6.45) is 15.5. The van der Waals surface area contributed by atoms with E-state index in [0.29, 0.717) is 0 Å². The van der Waals surface area contributed by atoms with Gasteiger partial charge in [0.05, 0.1) is 5.92 Å². The van der Waals surface area contributed by atoms with E-state index in [1.807, 2.05) is 6.92 Å². The molecule has 2 heteroatoms. The summed E-state index contributed by atoms with van der Waals surface area (Å²) in [4.78, 5) is 10.6. The molecule has 1 N–H and O–H groups in total. The zero-order chi connectivity index (χ0) is 15.2. The molecule has 0 aromatic heterocycles. The third-order valence-corrected chi connectivity index (χ3v) is 4.09. The molecule has 0 aliphatic carbocycles. The lowest BCUT2D eigenvalue weighted by Gasteiger charge is -2.06. The molecule has 0 spiro atoms. The van der Waals surface area contributed by atoms with Gasteiger partial charge in [-0.05, 0) is 12.3 Å². The van der Waals surface area contributed by atoms with Crippen LogP contribution in [0.5, 0.6) is 0 Å². The van der Waals surface area contributed by atoms with Crippen molar-refractivity contribution >= 4 is 5.97 Å². The molecule has 120 valence electrons. The number of unbranched alkanes of at least 4 members (excludes halogenated alkanes) is 9. The third kappa shape index (κ3) is 13.9. The highest BCUT2D eigenvalue weighted by molar-refractivity contribution is 5.69. The standard InChI is InChI=1S/C18H36O2/c1-16(2)14-12-10-8-6-4-5-7-9-11-13-15-17(3)18(19)20/h16-17H,4-15H2,1-3H3,(H,19,20)/t17-/m0/s1. The first kappa shape index (κ1) is 19.5. The Hall–Kier alpha value is -0.530. The molecule has 0 bridgehead atoms. The molecule has 0 saturated carbocycles. The van der Waals surface area contributed by atoms with Crippen LogP contribution in [0.3, 0.4) is 0 Å². The Kier molecular flexibility index (Phi) is 13.1. The summed E-state index contributed by atoms with van der Waals surface area (Å²) in [6, 6.07) is 0. The molecule has 0 aromatic rings. The minimum atomic E-state index is -0.650. The number of hydrogen-bond donors (Lipinski definition) is 1. The number of aliphatic carboxylic acids is 1. The molecular formula is C18H36O2. The monoisotopic (exact) mass is 284 g/mol. The van der Waals surface area contributed by atoms with Crippen LogP contribution < -0.4 is 0 Å². The molecule has 0 aliphatic rings. The fourth-order valence-corrected chi connectivity index (χ4v) is 2.54. The number of carboxylic acid groups (broad SMARTS) is 1. The van der Waals surface area contributed by atoms with Crippen molar-refractivity contribution in [3.63, 3.8) is 0 Å². The average molecular weight is 284 g/mol. The Morgan fingerprint density at radius 2 is 1.05 bits per heavy atom. The fourth-order valence-electron chi connectivity index (χ4n) is 2.54. The van der Waals surface area contributed by atoms with Crippen LogP contribution in [0.4, 0.5) is 0 Å². The van der Waals surface area contributed by atoms with Crippen LogP contribution in [0.2, 0.25) is 0 Å². The molecule has 2 nitrogen and oxygen atoms in total. The molecule has 1 atom stereocenters. The Labute approximate surface area is 126 Å². The second-order valence-corrected chi connectivity index (χ2v) is 6.75. The second kappa shape index (κ2) is 13.5. The summed E-state index contributed by atoms with van der Waals surface area (Å²) in [7, 11) is 0. The number of carbonyl (C=O) groups is 1. The zero-order valence-electron chi connectivity index (χ0n) is 14.0. The Morgan fingerprint density at radius 3 is 1.40 bits per heavy atom. The third-order valence-electron chi connectivity index (χ3n) is 4.09. The molecule has 0 amide bonds. The number of hydrogen-bond acceptors (Lipinski definition) is 1. The minimum Gasteiger partial charge on any atom is -0.481 e. The van der Waals surface area contributed by atoms with Gasteiger partial charge in [0.15, 0.2) is 0 Å². The van der Waals surface area contributed by atoms with Crippen LogP contribution in [0.15, 0.2) is 0 Å². The van der Waals surface area contributed by atoms with E-state index in [-0.39, 0.29) is 5.92 Å². The quantitative estimate of drug-likeness (QED) is 0.394. The first-order valence-electron chi connectivity index (χ1n) is 8.76. The van der Waals surface area contributed by atoms with Gasteiger partial charge < -0.3 is 5.11 Å². The SMILES string of the molecule is CC(C)CCCCCCCCCCCC[C@H](C)C(=O)O. The maximum absolute atomic E-state index is 10.6. The summed E-state index contributed by atoms with van der Waals surface area (Å²) in [5, 5.41) is 8.77. The van der Waals surface area contributed by atoms with Crippen molar-refractivity contribution in [2.45, 2.75) is 97.8 Å². The van der Waals surface area contributed by atoms with Crippen LogP contribution in [0.25, 0.3) is 0 Å². The lowest BCUT2D eigenvalue weighted by molar-refractivity contribution is -0.141. The van der Waals surface area contributed by atoms with Crippen molar-refractivity contribution in [1.29, 1.82) is 0 Å². The van der Waals surface area contributed by atoms with E-state index in [2.05, 4.69) is 13.8 Å². The van der Waals surface area contributed by atoms with Crippen molar-refractivity contribution < 1.29 is 9.90 Å². The molecule has 0 aromatic carbocycles. The van der Waals surface area contributed by atoms with Crippen LogP contribution in [-0.4, -0.2) is 11.1 Å². The van der Waals surface area contributed by atoms with Crippen LogP contribution in [0, 0.1) is 11.8 Å². The number of carboxylic acids is 1. The van der Waals surface area contributed by atoms with E-state index >= 15 is 0 Å². The predicted octanol–water partition coefficient (Wildman–Crippen LogP) is 6.04. The van der Waals surface area contributed by atoms with Crippen molar-refractivity contribution in [3.8, 4) is 0 Å². The van der Waals surface area contributed by atoms with Crippen LogP contribution in [-0.2, 0) is 4.79 Å². The van der Waals surface area contributed by atoms with Gasteiger partial charge in [-0.1, -0.05) is 91.4 Å². The Bertz CT molecular complexity index is 223. The van der Waals surface area contributed by atoms with Crippen LogP contribution in [0.1, 0.15) is 97.8 Å². The molecular weight excluding hydrogens is 248 g/mol. The minimum absolute atomic E-state index is 0.166. The van der Waals surface area contributed by atoms with E-state index in [4.69, 9.17) is 5.11 Å². The van der Waals surface area contributed by atoms with Crippen molar-refractivity contribution in [3.05, 3.63) is 0 Å². The largest absolute Gasteiger partial charge is 0.481 e. The first-order chi connectivity index (χ1) is 9.54. The van der Waals surface area contributed by atoms with Crippen molar-refractivity contribution in [2.24, 2.45) is 11.8 Å². The van der Waals surface area contributed by atoms with Crippen molar-refractivity contribution in [2.75, 3.05) is 0 Å². The van der Waals surface area contributed by atoms with Gasteiger partial charge in [0.1, 0.15) is 0 Å². The molecule has 0 unspecified atom stereocenters. The maximum atomic E-state index is 10.6. The summed E-state index contributed by atoms with van der Waals surface area (Å²) in [5.41, 5.74) is 0. The average Bonchev–Trinajstić information content (AvgIpc) is 2.39. The highest BCUT2D eigenvalue weighted by Crippen LogP contribution is 2.15. The molecule has 0 heterocycles. The normalized spacial score (nSPS) is 12.8. The van der Waals surface area contributed by atoms with E-state index in [9.17, 15) is 4.79 Å². The van der Waals surface area contributed by atoms with E-state index in [0.717, 1.165) is 18.8 Å². The summed E-state index contributed by atoms with van der Waals surface area (Å²) < 4.78 is 0. The van der Waals surface area contributed by atoms with Gasteiger partial charge in [-0.25, -0.2) is 0 Å². The molecule has 20 heavy (non-hydrogen) atoms. The molecule has 0 aliphatic heterocycles. The Balaban J connectivity index is 3.08. The summed E-state index contributed by atoms with van der Waals surface area (Å²) in [6.45, 7) is 6.41. The molecule has 0 radical (unpaired) electrons. The highest BCUT2D eigenvalue weighted by atomic mass is 16.4. The molecule has 0 fully saturated rings. The van der Waals surface area contributed by atoms with Gasteiger partial charge >= 0.3 is 5.97 Å². The predicted molar refractivity (Wildman–Crippen MR) is 87.0 cm³/mol. The van der Waals surface area contributed by atoms with E-state index in [1.165, 1.54) is 64.2 Å². The number of rotatable bonds is 14. The van der Waals surface area contributed by atoms with Gasteiger partial charge in [-0.3, -0.25) is 4.79 Å². The van der Waals surface area contributed by atoms with E-state index in [1.54, 1.807) is 0 Å². The van der Waals surface area contributed by atoms with Gasteiger partial charge in [-0.2, -0.15) is 0 Å². The van der Waals surface area contributed by atoms with E-state index < -0.39 is 5.97 Å². The summed E-state index contributed by atoms with van der Waals surface area (Å²) >= 11 is 0. The van der Waals surface area contributed by atoms with Gasteiger partial charge in [-0.15, -0.1) is 0 Å². The highest BCUT2D eigenvalue weighted by Gasteiger charge is 2.09. The van der Waals surface area contributed by atoms with Gasteiger partial charge in [0.25, 0.3) is 0 Å². The zero-order valence-corrected chi connectivity index (χ0v) is 14.0. The Morgan fingerprint density at radius 1 is 0.700 bits per heavy atom. The molecule has 0 rings (SSSR count). The smallest absolute Gasteiger partial charge is 0.306 e. The van der Waals surface area contributed by atoms with Crippen molar-refractivity contribution in [1.82, 2.24) is 0 Å².